The molecule has 3 rings (SSSR count). The molecule has 3 atom stereocenters. The van der Waals surface area contributed by atoms with E-state index in [1.807, 2.05) is 51.1 Å². The number of likely N-dealkylation sites (tertiary alicyclic amines) is 1. The third kappa shape index (κ3) is 6.90. The highest BCUT2D eigenvalue weighted by molar-refractivity contribution is 5.92. The number of carbonyl (C=O) groups excluding carboxylic acids is 3. The number of carbonyl (C=O) groups is 3. The fourth-order valence-electron chi connectivity index (χ4n) is 5.21. The van der Waals surface area contributed by atoms with Crippen molar-refractivity contribution in [2.24, 2.45) is 5.41 Å². The maximum atomic E-state index is 14.1. The first-order valence-corrected chi connectivity index (χ1v) is 13.7. The van der Waals surface area contributed by atoms with E-state index in [4.69, 9.17) is 18.9 Å². The Morgan fingerprint density at radius 2 is 1.85 bits per heavy atom. The van der Waals surface area contributed by atoms with Gasteiger partial charge in [-0.15, -0.1) is 6.58 Å². The summed E-state index contributed by atoms with van der Waals surface area (Å²) in [7, 11) is 4.47. The second-order valence-corrected chi connectivity index (χ2v) is 11.3. The van der Waals surface area contributed by atoms with Crippen LogP contribution in [0.4, 0.5) is 4.79 Å². The number of hydrogen-bond acceptors (Lipinski definition) is 7. The van der Waals surface area contributed by atoms with Crippen LogP contribution in [0.15, 0.2) is 49.6 Å². The number of rotatable bonds is 11. The van der Waals surface area contributed by atoms with E-state index in [9.17, 15) is 14.4 Å². The molecule has 0 aromatic heterocycles. The van der Waals surface area contributed by atoms with Gasteiger partial charge in [-0.25, -0.2) is 9.59 Å². The van der Waals surface area contributed by atoms with Gasteiger partial charge in [-0.1, -0.05) is 51.6 Å². The average Bonchev–Trinajstić information content (AvgIpc) is 3.37. The van der Waals surface area contributed by atoms with Crippen LogP contribution >= 0.6 is 0 Å². The predicted molar refractivity (Wildman–Crippen MR) is 159 cm³/mol. The van der Waals surface area contributed by atoms with Crippen LogP contribution in [0.1, 0.15) is 51.2 Å². The summed E-state index contributed by atoms with van der Waals surface area (Å²) < 4.78 is 22.0. The summed E-state index contributed by atoms with van der Waals surface area (Å²) in [6.07, 6.45) is 4.29. The van der Waals surface area contributed by atoms with Gasteiger partial charge in [0.1, 0.15) is 23.4 Å². The van der Waals surface area contributed by atoms with Gasteiger partial charge in [-0.05, 0) is 52.8 Å². The number of methoxy groups -OCH3 is 3. The monoisotopic (exact) mass is 566 g/mol. The van der Waals surface area contributed by atoms with Crippen molar-refractivity contribution >= 4 is 34.8 Å². The Kier molecular flexibility index (Phi) is 10.2. The maximum Gasteiger partial charge on any atom is 0.407 e. The number of benzene rings is 2. The number of nitrogens with zero attached hydrogens (tertiary/aromatic N) is 1. The molecule has 2 aromatic carbocycles. The highest BCUT2D eigenvalue weighted by atomic mass is 16.5. The summed E-state index contributed by atoms with van der Waals surface area (Å²) in [5.74, 6) is -0.268. The first kappa shape index (κ1) is 31.7. The number of allylic oxidation sites excluding steroid dienone is 1. The Labute approximate surface area is 242 Å². The minimum atomic E-state index is -0.995. The second-order valence-electron chi connectivity index (χ2n) is 11.3. The van der Waals surface area contributed by atoms with Gasteiger partial charge in [0.15, 0.2) is 0 Å². The topological polar surface area (TPSA) is 103 Å². The van der Waals surface area contributed by atoms with Crippen LogP contribution in [-0.2, 0) is 29.4 Å². The normalized spacial score (nSPS) is 19.4. The van der Waals surface area contributed by atoms with Gasteiger partial charge in [0.05, 0.1) is 27.4 Å². The minimum absolute atomic E-state index is 0.0840. The molecular weight excluding hydrogens is 524 g/mol. The first-order chi connectivity index (χ1) is 19.4. The number of hydrogen-bond donors (Lipinski definition) is 1. The number of nitrogens with one attached hydrogen (secondary N) is 1. The van der Waals surface area contributed by atoms with E-state index in [0.717, 1.165) is 21.9 Å². The Balaban J connectivity index is 1.98. The van der Waals surface area contributed by atoms with Crippen molar-refractivity contribution in [2.75, 3.05) is 34.5 Å². The van der Waals surface area contributed by atoms with E-state index in [2.05, 4.69) is 18.5 Å². The summed E-state index contributed by atoms with van der Waals surface area (Å²) >= 11 is 0. The average molecular weight is 567 g/mol. The molecule has 0 aliphatic carbocycles. The summed E-state index contributed by atoms with van der Waals surface area (Å²) in [5, 5.41) is 4.62. The minimum Gasteiger partial charge on any atom is -0.496 e. The van der Waals surface area contributed by atoms with Crippen molar-refractivity contribution in [3.05, 3.63) is 60.7 Å². The molecule has 1 aliphatic rings. The van der Waals surface area contributed by atoms with Crippen LogP contribution in [0.5, 0.6) is 5.75 Å². The number of ether oxygens (including phenoxy) is 4. The zero-order valence-corrected chi connectivity index (χ0v) is 25.0. The number of amides is 2. The molecule has 9 nitrogen and oxygen atoms in total. The quantitative estimate of drug-likeness (QED) is 0.226. The summed E-state index contributed by atoms with van der Waals surface area (Å²) in [5.41, 5.74) is -0.0299. The summed E-state index contributed by atoms with van der Waals surface area (Å²) in [4.78, 5) is 41.2. The molecule has 0 radical (unpaired) electrons. The number of esters is 1. The van der Waals surface area contributed by atoms with E-state index in [-0.39, 0.29) is 19.6 Å². The lowest BCUT2D eigenvalue weighted by atomic mass is 9.85. The Morgan fingerprint density at radius 3 is 2.44 bits per heavy atom. The molecule has 1 N–H and O–H groups in total. The molecular formula is C32H42N2O7. The van der Waals surface area contributed by atoms with Gasteiger partial charge in [0, 0.05) is 19.1 Å². The second kappa shape index (κ2) is 13.2. The lowest BCUT2D eigenvalue weighted by Gasteiger charge is -2.35. The number of unbranched alkanes of at least 4 members (excludes halogenated alkanes) is 1. The summed E-state index contributed by atoms with van der Waals surface area (Å²) in [6.45, 7) is 13.4. The zero-order chi connectivity index (χ0) is 30.4. The van der Waals surface area contributed by atoms with E-state index in [0.29, 0.717) is 18.6 Å². The van der Waals surface area contributed by atoms with Crippen molar-refractivity contribution in [3.63, 3.8) is 0 Å². The third-order valence-corrected chi connectivity index (χ3v) is 7.57. The van der Waals surface area contributed by atoms with Gasteiger partial charge >= 0.3 is 12.1 Å². The molecule has 0 bridgehead atoms. The largest absolute Gasteiger partial charge is 0.496 e. The zero-order valence-electron chi connectivity index (χ0n) is 25.0. The lowest BCUT2D eigenvalue weighted by molar-refractivity contribution is -0.152. The first-order valence-electron chi connectivity index (χ1n) is 13.7. The third-order valence-electron chi connectivity index (χ3n) is 7.57. The van der Waals surface area contributed by atoms with Gasteiger partial charge < -0.3 is 29.2 Å². The van der Waals surface area contributed by atoms with E-state index < -0.39 is 41.1 Å². The molecule has 1 saturated heterocycles. The van der Waals surface area contributed by atoms with Crippen LogP contribution in [0, 0.1) is 5.41 Å². The molecule has 222 valence electrons. The Hall–Kier alpha value is -3.85. The van der Waals surface area contributed by atoms with Gasteiger partial charge in [0.2, 0.25) is 5.91 Å². The Bertz CT molecular complexity index is 1300. The molecule has 1 unspecified atom stereocenters. The summed E-state index contributed by atoms with van der Waals surface area (Å²) in [6, 6.07) is 7.92. The van der Waals surface area contributed by atoms with Crippen LogP contribution in [0.3, 0.4) is 0 Å². The highest BCUT2D eigenvalue weighted by Gasteiger charge is 2.53. The highest BCUT2D eigenvalue weighted by Crippen LogP contribution is 2.42. The molecule has 0 spiro atoms. The molecule has 1 aliphatic heterocycles. The predicted octanol–water partition coefficient (Wildman–Crippen LogP) is 5.21. The fraction of sp³-hybridized carbons (Fsp3) is 0.469. The van der Waals surface area contributed by atoms with Crippen molar-refractivity contribution in [2.45, 2.75) is 57.7 Å². The molecule has 1 heterocycles. The molecule has 2 amide bonds. The van der Waals surface area contributed by atoms with E-state index in [1.165, 1.54) is 12.0 Å². The SMILES string of the molecule is C=CCCCOC(=O)NC(C(=O)N1C[C@](OC)(c2ccc3cc(OC)c(C=C)cc3c2)C[C@H]1C(=O)OC)C(C)(C)C. The smallest absolute Gasteiger partial charge is 0.407 e. The standard InChI is InChI=1S/C32H42N2O7/c1-9-11-12-15-41-30(37)33-27(31(3,4)5)28(35)34-20-32(40-8,19-25(34)29(36)39-7)24-14-13-22-18-26(38-6)21(10-2)16-23(22)17-24/h9-10,13-14,16-18,25,27H,1-2,11-12,15,19-20H2,3-8H3,(H,33,37)/t25-,27?,32-/m0/s1. The molecule has 41 heavy (non-hydrogen) atoms. The van der Waals surface area contributed by atoms with E-state index >= 15 is 0 Å². The number of fused-ring (bicyclic) bond motifs is 1. The van der Waals surface area contributed by atoms with Crippen molar-refractivity contribution in [1.82, 2.24) is 10.2 Å². The van der Waals surface area contributed by atoms with Gasteiger partial charge in [-0.2, -0.15) is 0 Å². The van der Waals surface area contributed by atoms with Crippen LogP contribution in [0.25, 0.3) is 16.8 Å². The molecule has 2 aromatic rings. The van der Waals surface area contributed by atoms with Crippen LogP contribution in [0.2, 0.25) is 0 Å². The van der Waals surface area contributed by atoms with E-state index in [1.54, 1.807) is 26.4 Å². The fourth-order valence-corrected chi connectivity index (χ4v) is 5.21. The Morgan fingerprint density at radius 1 is 1.12 bits per heavy atom. The molecule has 1 fully saturated rings. The maximum absolute atomic E-state index is 14.1. The molecule has 9 heteroatoms. The lowest BCUT2D eigenvalue weighted by Crippen LogP contribution is -2.57. The molecule has 0 saturated carbocycles. The number of alkyl carbamates (subject to hydrolysis) is 1. The van der Waals surface area contributed by atoms with Crippen LogP contribution in [-0.4, -0.2) is 69.4 Å². The van der Waals surface area contributed by atoms with Crippen molar-refractivity contribution in [1.29, 1.82) is 0 Å². The van der Waals surface area contributed by atoms with Gasteiger partial charge in [-0.3, -0.25) is 4.79 Å². The van der Waals surface area contributed by atoms with Crippen molar-refractivity contribution in [3.8, 4) is 5.75 Å². The van der Waals surface area contributed by atoms with Gasteiger partial charge in [0.25, 0.3) is 0 Å². The van der Waals surface area contributed by atoms with Crippen molar-refractivity contribution < 1.29 is 33.3 Å². The van der Waals surface area contributed by atoms with Crippen LogP contribution < -0.4 is 10.1 Å².